The first kappa shape index (κ1) is 11.1. The highest BCUT2D eigenvalue weighted by Crippen LogP contribution is 2.22. The summed E-state index contributed by atoms with van der Waals surface area (Å²) in [5.41, 5.74) is 1.38. The molecule has 0 saturated heterocycles. The summed E-state index contributed by atoms with van der Waals surface area (Å²) < 4.78 is 1.17. The Labute approximate surface area is 92.4 Å². The molecule has 1 aromatic carbocycles. The number of thioether (sulfide) groups is 1. The number of benzene rings is 1. The fourth-order valence-corrected chi connectivity index (χ4v) is 2.36. The largest absolute Gasteiger partial charge is 0.319 e. The zero-order valence-electron chi connectivity index (χ0n) is 7.93. The van der Waals surface area contributed by atoms with E-state index in [4.69, 9.17) is 0 Å². The van der Waals surface area contributed by atoms with E-state index < -0.39 is 0 Å². The van der Waals surface area contributed by atoms with Crippen LogP contribution in [-0.4, -0.2) is 19.8 Å². The van der Waals surface area contributed by atoms with E-state index in [-0.39, 0.29) is 0 Å². The molecule has 0 atom stereocenters. The van der Waals surface area contributed by atoms with Crippen LogP contribution in [0.25, 0.3) is 0 Å². The topological polar surface area (TPSA) is 12.0 Å². The number of halogens is 1. The van der Waals surface area contributed by atoms with E-state index >= 15 is 0 Å². The molecule has 0 bridgehead atoms. The highest BCUT2D eigenvalue weighted by atomic mass is 79.9. The van der Waals surface area contributed by atoms with Crippen LogP contribution in [0.1, 0.15) is 5.56 Å². The Morgan fingerprint density at radius 3 is 2.77 bits per heavy atom. The number of hydrogen-bond donors (Lipinski definition) is 1. The standard InChI is InChI=1S/C10H14BrNS/c1-12-4-3-8-5-9(11)7-10(6-8)13-2/h5-7,12H,3-4H2,1-2H3. The molecule has 3 heteroatoms. The van der Waals surface area contributed by atoms with Crippen molar-refractivity contribution in [3.05, 3.63) is 28.2 Å². The number of rotatable bonds is 4. The van der Waals surface area contributed by atoms with Crippen molar-refractivity contribution >= 4 is 27.7 Å². The third-order valence-corrected chi connectivity index (χ3v) is 3.00. The van der Waals surface area contributed by atoms with Gasteiger partial charge in [0.25, 0.3) is 0 Å². The molecule has 0 spiro atoms. The first-order valence-corrected chi connectivity index (χ1v) is 6.26. The maximum Gasteiger partial charge on any atom is 0.0189 e. The molecule has 1 N–H and O–H groups in total. The lowest BCUT2D eigenvalue weighted by Crippen LogP contribution is -2.10. The summed E-state index contributed by atoms with van der Waals surface area (Å²) in [5.74, 6) is 0. The van der Waals surface area contributed by atoms with Crippen molar-refractivity contribution in [1.29, 1.82) is 0 Å². The summed E-state index contributed by atoms with van der Waals surface area (Å²) >= 11 is 5.29. The minimum atomic E-state index is 1.03. The lowest BCUT2D eigenvalue weighted by Gasteiger charge is -2.04. The second-order valence-corrected chi connectivity index (χ2v) is 4.65. The van der Waals surface area contributed by atoms with E-state index in [1.807, 2.05) is 7.05 Å². The number of hydrogen-bond acceptors (Lipinski definition) is 2. The Bertz CT molecular complexity index is 276. The monoisotopic (exact) mass is 259 g/mol. The lowest BCUT2D eigenvalue weighted by molar-refractivity contribution is 0.790. The smallest absolute Gasteiger partial charge is 0.0189 e. The van der Waals surface area contributed by atoms with Gasteiger partial charge in [0, 0.05) is 9.37 Å². The van der Waals surface area contributed by atoms with Crippen LogP contribution in [0.3, 0.4) is 0 Å². The van der Waals surface area contributed by atoms with Crippen molar-refractivity contribution in [2.24, 2.45) is 0 Å². The van der Waals surface area contributed by atoms with Gasteiger partial charge in [-0.25, -0.2) is 0 Å². The van der Waals surface area contributed by atoms with Gasteiger partial charge < -0.3 is 5.32 Å². The average Bonchev–Trinajstić information content (AvgIpc) is 2.14. The zero-order chi connectivity index (χ0) is 9.68. The molecular weight excluding hydrogens is 246 g/mol. The van der Waals surface area contributed by atoms with E-state index in [1.165, 1.54) is 14.9 Å². The van der Waals surface area contributed by atoms with Gasteiger partial charge in [-0.15, -0.1) is 11.8 Å². The van der Waals surface area contributed by atoms with E-state index in [2.05, 4.69) is 45.7 Å². The Morgan fingerprint density at radius 2 is 2.15 bits per heavy atom. The molecule has 0 aromatic heterocycles. The molecule has 1 nitrogen and oxygen atoms in total. The molecule has 1 aromatic rings. The molecule has 0 radical (unpaired) electrons. The number of nitrogens with one attached hydrogen (secondary N) is 1. The van der Waals surface area contributed by atoms with Crippen molar-refractivity contribution in [1.82, 2.24) is 5.32 Å². The fourth-order valence-electron chi connectivity index (χ4n) is 1.15. The molecule has 13 heavy (non-hydrogen) atoms. The maximum absolute atomic E-state index is 3.51. The van der Waals surface area contributed by atoms with Gasteiger partial charge >= 0.3 is 0 Å². The van der Waals surface area contributed by atoms with Gasteiger partial charge in [-0.05, 0) is 50.0 Å². The average molecular weight is 260 g/mol. The summed E-state index contributed by atoms with van der Waals surface area (Å²) in [5, 5.41) is 3.15. The molecule has 0 aliphatic heterocycles. The van der Waals surface area contributed by atoms with Crippen LogP contribution in [0.15, 0.2) is 27.6 Å². The summed E-state index contributed by atoms with van der Waals surface area (Å²) in [6.07, 6.45) is 3.19. The quantitative estimate of drug-likeness (QED) is 0.835. The molecule has 0 fully saturated rings. The first-order valence-electron chi connectivity index (χ1n) is 4.24. The van der Waals surface area contributed by atoms with Crippen LogP contribution >= 0.6 is 27.7 Å². The van der Waals surface area contributed by atoms with Crippen LogP contribution in [0.5, 0.6) is 0 Å². The molecular formula is C10H14BrNS. The van der Waals surface area contributed by atoms with Gasteiger partial charge in [-0.3, -0.25) is 0 Å². The highest BCUT2D eigenvalue weighted by Gasteiger charge is 1.97. The van der Waals surface area contributed by atoms with Gasteiger partial charge in [0.1, 0.15) is 0 Å². The third-order valence-electron chi connectivity index (χ3n) is 1.83. The molecule has 72 valence electrons. The van der Waals surface area contributed by atoms with Gasteiger partial charge in [-0.2, -0.15) is 0 Å². The summed E-state index contributed by atoms with van der Waals surface area (Å²) in [4.78, 5) is 1.32. The van der Waals surface area contributed by atoms with E-state index in [0.717, 1.165) is 13.0 Å². The van der Waals surface area contributed by atoms with Crippen molar-refractivity contribution in [3.8, 4) is 0 Å². The van der Waals surface area contributed by atoms with Gasteiger partial charge in [0.05, 0.1) is 0 Å². The zero-order valence-corrected chi connectivity index (χ0v) is 10.3. The van der Waals surface area contributed by atoms with Gasteiger partial charge in [0.15, 0.2) is 0 Å². The van der Waals surface area contributed by atoms with Crippen LogP contribution in [0.4, 0.5) is 0 Å². The third kappa shape index (κ3) is 3.71. The van der Waals surface area contributed by atoms with E-state index in [1.54, 1.807) is 11.8 Å². The molecule has 0 aliphatic carbocycles. The summed E-state index contributed by atoms with van der Waals surface area (Å²) in [6, 6.07) is 6.57. The second kappa shape index (κ2) is 5.68. The molecule has 0 unspecified atom stereocenters. The van der Waals surface area contributed by atoms with Gasteiger partial charge in [-0.1, -0.05) is 15.9 Å². The summed E-state index contributed by atoms with van der Waals surface area (Å²) in [7, 11) is 1.98. The van der Waals surface area contributed by atoms with E-state index in [9.17, 15) is 0 Å². The van der Waals surface area contributed by atoms with Crippen LogP contribution in [0, 0.1) is 0 Å². The molecule has 0 saturated carbocycles. The predicted octanol–water partition coefficient (Wildman–Crippen LogP) is 2.93. The Hall–Kier alpha value is 0.01000. The van der Waals surface area contributed by atoms with Crippen LogP contribution < -0.4 is 5.32 Å². The molecule has 0 aliphatic rings. The van der Waals surface area contributed by atoms with Crippen LogP contribution in [-0.2, 0) is 6.42 Å². The van der Waals surface area contributed by atoms with E-state index in [0.29, 0.717) is 0 Å². The second-order valence-electron chi connectivity index (χ2n) is 2.85. The Balaban J connectivity index is 2.76. The van der Waals surface area contributed by atoms with Crippen molar-refractivity contribution in [2.75, 3.05) is 19.8 Å². The van der Waals surface area contributed by atoms with Crippen LogP contribution in [0.2, 0.25) is 0 Å². The van der Waals surface area contributed by atoms with Crippen molar-refractivity contribution in [2.45, 2.75) is 11.3 Å². The SMILES string of the molecule is CNCCc1cc(Br)cc(SC)c1. The first-order chi connectivity index (χ1) is 6.26. The molecule has 1 rings (SSSR count). The Kier molecular flexibility index (Phi) is 4.84. The summed E-state index contributed by atoms with van der Waals surface area (Å²) in [6.45, 7) is 1.03. The predicted molar refractivity (Wildman–Crippen MR) is 63.6 cm³/mol. The fraction of sp³-hybridized carbons (Fsp3) is 0.400. The minimum Gasteiger partial charge on any atom is -0.319 e. The van der Waals surface area contributed by atoms with Crippen molar-refractivity contribution < 1.29 is 0 Å². The molecule has 0 heterocycles. The molecule has 0 amide bonds. The Morgan fingerprint density at radius 1 is 1.38 bits per heavy atom. The minimum absolute atomic E-state index is 1.03. The van der Waals surface area contributed by atoms with Gasteiger partial charge in [0.2, 0.25) is 0 Å². The number of likely N-dealkylation sites (N-methyl/N-ethyl adjacent to an activating group) is 1. The van der Waals surface area contributed by atoms with Crippen molar-refractivity contribution in [3.63, 3.8) is 0 Å². The maximum atomic E-state index is 3.51. The highest BCUT2D eigenvalue weighted by molar-refractivity contribution is 9.10. The lowest BCUT2D eigenvalue weighted by atomic mass is 10.1. The normalized spacial score (nSPS) is 10.4.